The van der Waals surface area contributed by atoms with Gasteiger partial charge in [0.05, 0.1) is 12.2 Å². The first-order valence-corrected chi connectivity index (χ1v) is 7.47. The normalized spacial score (nSPS) is 10.8. The van der Waals surface area contributed by atoms with Gasteiger partial charge < -0.3 is 9.63 Å². The number of aliphatic hydroxyl groups excluding tert-OH is 1. The topological polar surface area (TPSA) is 46.3 Å². The van der Waals surface area contributed by atoms with Crippen molar-refractivity contribution in [2.24, 2.45) is 0 Å². The molecule has 3 rings (SSSR count). The first-order chi connectivity index (χ1) is 10.2. The Morgan fingerprint density at radius 2 is 1.62 bits per heavy atom. The third-order valence-corrected chi connectivity index (χ3v) is 3.95. The van der Waals surface area contributed by atoms with Gasteiger partial charge in [0.1, 0.15) is 5.69 Å². The molecule has 0 aliphatic heterocycles. The second-order valence-electron chi connectivity index (χ2n) is 4.51. The van der Waals surface area contributed by atoms with E-state index in [0.29, 0.717) is 22.0 Å². The summed E-state index contributed by atoms with van der Waals surface area (Å²) in [6, 6.07) is 14.9. The Kier molecular flexibility index (Phi) is 4.10. The Balaban J connectivity index is 2.08. The van der Waals surface area contributed by atoms with Crippen LogP contribution in [0.15, 0.2) is 57.5 Å². The van der Waals surface area contributed by atoms with E-state index in [4.69, 9.17) is 16.1 Å². The Hall–Kier alpha value is -1.62. The lowest BCUT2D eigenvalue weighted by Crippen LogP contribution is -1.89. The van der Waals surface area contributed by atoms with Crippen LogP contribution in [0.2, 0.25) is 5.02 Å². The summed E-state index contributed by atoms with van der Waals surface area (Å²) in [5, 5.41) is 14.4. The lowest BCUT2D eigenvalue weighted by atomic mass is 10.0. The molecule has 21 heavy (non-hydrogen) atoms. The molecule has 106 valence electrons. The van der Waals surface area contributed by atoms with Gasteiger partial charge in [0.15, 0.2) is 5.76 Å². The summed E-state index contributed by atoms with van der Waals surface area (Å²) >= 11 is 9.29. The number of hydrogen-bond acceptors (Lipinski definition) is 3. The number of halogens is 2. The smallest absolute Gasteiger partial charge is 0.173 e. The molecule has 5 heteroatoms. The van der Waals surface area contributed by atoms with E-state index < -0.39 is 0 Å². The number of rotatable bonds is 3. The zero-order valence-corrected chi connectivity index (χ0v) is 13.2. The van der Waals surface area contributed by atoms with Crippen LogP contribution in [0.5, 0.6) is 0 Å². The molecule has 1 aromatic heterocycles. The average molecular weight is 365 g/mol. The molecular formula is C16H11BrClNO2. The average Bonchev–Trinajstić information content (AvgIpc) is 2.92. The van der Waals surface area contributed by atoms with Crippen LogP contribution < -0.4 is 0 Å². The maximum atomic E-state index is 9.68. The minimum absolute atomic E-state index is 0.146. The summed E-state index contributed by atoms with van der Waals surface area (Å²) in [4.78, 5) is 0. The van der Waals surface area contributed by atoms with Crippen molar-refractivity contribution in [3.63, 3.8) is 0 Å². The molecule has 1 heterocycles. The molecule has 0 aliphatic carbocycles. The maximum Gasteiger partial charge on any atom is 0.173 e. The van der Waals surface area contributed by atoms with E-state index in [1.807, 2.05) is 36.4 Å². The number of hydrogen-bond donors (Lipinski definition) is 1. The van der Waals surface area contributed by atoms with E-state index >= 15 is 0 Å². The SMILES string of the molecule is OCc1c(-c2ccc(Br)cc2)noc1-c1ccc(Cl)cc1. The zero-order chi connectivity index (χ0) is 14.8. The number of benzene rings is 2. The van der Waals surface area contributed by atoms with Crippen LogP contribution in [0.4, 0.5) is 0 Å². The molecule has 0 bridgehead atoms. The van der Waals surface area contributed by atoms with E-state index in [1.54, 1.807) is 12.1 Å². The van der Waals surface area contributed by atoms with Crippen molar-refractivity contribution in [1.82, 2.24) is 5.16 Å². The van der Waals surface area contributed by atoms with E-state index in [0.717, 1.165) is 15.6 Å². The van der Waals surface area contributed by atoms with Crippen molar-refractivity contribution in [2.75, 3.05) is 0 Å². The van der Waals surface area contributed by atoms with Crippen LogP contribution in [0, 0.1) is 0 Å². The molecule has 0 aliphatic rings. The van der Waals surface area contributed by atoms with Gasteiger partial charge in [-0.3, -0.25) is 0 Å². The third kappa shape index (κ3) is 2.88. The van der Waals surface area contributed by atoms with Crippen molar-refractivity contribution in [3.8, 4) is 22.6 Å². The summed E-state index contributed by atoms with van der Waals surface area (Å²) in [6.07, 6.45) is 0. The van der Waals surface area contributed by atoms with Crippen molar-refractivity contribution < 1.29 is 9.63 Å². The molecular weight excluding hydrogens is 354 g/mol. The fourth-order valence-corrected chi connectivity index (χ4v) is 2.51. The maximum absolute atomic E-state index is 9.68. The monoisotopic (exact) mass is 363 g/mol. The van der Waals surface area contributed by atoms with Crippen molar-refractivity contribution in [1.29, 1.82) is 0 Å². The molecule has 0 spiro atoms. The fraction of sp³-hybridized carbons (Fsp3) is 0.0625. The summed E-state index contributed by atoms with van der Waals surface area (Å²) in [5.74, 6) is 0.562. The van der Waals surface area contributed by atoms with Crippen LogP contribution in [0.25, 0.3) is 22.6 Å². The Morgan fingerprint density at radius 1 is 1.00 bits per heavy atom. The van der Waals surface area contributed by atoms with Gasteiger partial charge in [-0.25, -0.2) is 0 Å². The van der Waals surface area contributed by atoms with Gasteiger partial charge in [0.25, 0.3) is 0 Å². The van der Waals surface area contributed by atoms with E-state index in [-0.39, 0.29) is 6.61 Å². The van der Waals surface area contributed by atoms with Crippen LogP contribution in [0.3, 0.4) is 0 Å². The highest BCUT2D eigenvalue weighted by Crippen LogP contribution is 2.33. The summed E-state index contributed by atoms with van der Waals surface area (Å²) in [7, 11) is 0. The predicted octanol–water partition coefficient (Wildman–Crippen LogP) is 4.92. The summed E-state index contributed by atoms with van der Waals surface area (Å²) < 4.78 is 6.42. The van der Waals surface area contributed by atoms with Gasteiger partial charge in [0, 0.05) is 20.6 Å². The van der Waals surface area contributed by atoms with Crippen LogP contribution in [-0.4, -0.2) is 10.3 Å². The fourth-order valence-electron chi connectivity index (χ4n) is 2.12. The lowest BCUT2D eigenvalue weighted by molar-refractivity contribution is 0.281. The molecule has 0 amide bonds. The summed E-state index contributed by atoms with van der Waals surface area (Å²) in [5.41, 5.74) is 3.04. The highest BCUT2D eigenvalue weighted by atomic mass is 79.9. The molecule has 0 fully saturated rings. The molecule has 0 atom stereocenters. The second kappa shape index (κ2) is 6.02. The number of nitrogens with zero attached hydrogens (tertiary/aromatic N) is 1. The second-order valence-corrected chi connectivity index (χ2v) is 5.86. The quantitative estimate of drug-likeness (QED) is 0.718. The molecule has 0 saturated heterocycles. The molecule has 1 N–H and O–H groups in total. The highest BCUT2D eigenvalue weighted by Gasteiger charge is 2.18. The first kappa shape index (κ1) is 14.3. The Labute approximate surface area is 135 Å². The van der Waals surface area contributed by atoms with Crippen LogP contribution in [0.1, 0.15) is 5.56 Å². The van der Waals surface area contributed by atoms with E-state index in [9.17, 15) is 5.11 Å². The zero-order valence-electron chi connectivity index (χ0n) is 10.9. The third-order valence-electron chi connectivity index (χ3n) is 3.17. The van der Waals surface area contributed by atoms with Gasteiger partial charge >= 0.3 is 0 Å². The highest BCUT2D eigenvalue weighted by molar-refractivity contribution is 9.10. The Bertz CT molecular complexity index is 688. The molecule has 3 aromatic rings. The van der Waals surface area contributed by atoms with Gasteiger partial charge in [-0.2, -0.15) is 0 Å². The van der Waals surface area contributed by atoms with Gasteiger partial charge in [-0.05, 0) is 36.4 Å². The van der Waals surface area contributed by atoms with Crippen LogP contribution >= 0.6 is 27.5 Å². The Morgan fingerprint density at radius 3 is 2.24 bits per heavy atom. The molecule has 3 nitrogen and oxygen atoms in total. The van der Waals surface area contributed by atoms with Gasteiger partial charge in [-0.1, -0.05) is 44.8 Å². The van der Waals surface area contributed by atoms with E-state index in [2.05, 4.69) is 21.1 Å². The standard InChI is InChI=1S/C16H11BrClNO2/c17-12-5-1-10(2-6-12)15-14(9-20)16(21-19-15)11-3-7-13(18)8-4-11/h1-8,20H,9H2. The minimum Gasteiger partial charge on any atom is -0.391 e. The molecule has 0 unspecified atom stereocenters. The van der Waals surface area contributed by atoms with Crippen molar-refractivity contribution >= 4 is 27.5 Å². The summed E-state index contributed by atoms with van der Waals surface area (Å²) in [6.45, 7) is -0.146. The number of aromatic nitrogens is 1. The van der Waals surface area contributed by atoms with Gasteiger partial charge in [-0.15, -0.1) is 0 Å². The van der Waals surface area contributed by atoms with Crippen molar-refractivity contribution in [2.45, 2.75) is 6.61 Å². The van der Waals surface area contributed by atoms with Crippen LogP contribution in [-0.2, 0) is 6.61 Å². The van der Waals surface area contributed by atoms with E-state index in [1.165, 1.54) is 0 Å². The predicted molar refractivity (Wildman–Crippen MR) is 86.0 cm³/mol. The molecule has 2 aromatic carbocycles. The lowest BCUT2D eigenvalue weighted by Gasteiger charge is -2.02. The van der Waals surface area contributed by atoms with Gasteiger partial charge in [0.2, 0.25) is 0 Å². The first-order valence-electron chi connectivity index (χ1n) is 6.30. The molecule has 0 saturated carbocycles. The largest absolute Gasteiger partial charge is 0.391 e. The minimum atomic E-state index is -0.146. The number of aliphatic hydroxyl groups is 1. The van der Waals surface area contributed by atoms with Crippen molar-refractivity contribution in [3.05, 3.63) is 63.6 Å². The molecule has 0 radical (unpaired) electrons.